The first-order valence-electron chi connectivity index (χ1n) is 12.9. The molecule has 0 aliphatic carbocycles. The number of hydrogen-bond acceptors (Lipinski definition) is 7. The van der Waals surface area contributed by atoms with Gasteiger partial charge >= 0.3 is 0 Å². The van der Waals surface area contributed by atoms with E-state index >= 15 is 0 Å². The van der Waals surface area contributed by atoms with E-state index in [1.807, 2.05) is 30.3 Å². The molecule has 5 rings (SSSR count). The molecule has 200 valence electrons. The van der Waals surface area contributed by atoms with Crippen molar-refractivity contribution in [3.05, 3.63) is 85.5 Å². The van der Waals surface area contributed by atoms with Crippen LogP contribution in [0.25, 0.3) is 22.0 Å². The normalized spacial score (nSPS) is 13.7. The highest BCUT2D eigenvalue weighted by Crippen LogP contribution is 2.34. The van der Waals surface area contributed by atoms with Gasteiger partial charge in [0, 0.05) is 42.3 Å². The number of rotatable bonds is 10. The molecule has 1 aromatic heterocycles. The Balaban J connectivity index is 1.40. The Labute approximate surface area is 226 Å². The summed E-state index contributed by atoms with van der Waals surface area (Å²) in [4.78, 5) is 23.4. The van der Waals surface area contributed by atoms with E-state index in [0.29, 0.717) is 46.0 Å². The Morgan fingerprint density at radius 2 is 1.92 bits per heavy atom. The van der Waals surface area contributed by atoms with Gasteiger partial charge in [-0.1, -0.05) is 36.9 Å². The second-order valence-corrected chi connectivity index (χ2v) is 9.12. The van der Waals surface area contributed by atoms with Crippen LogP contribution in [-0.4, -0.2) is 60.2 Å². The van der Waals surface area contributed by atoms with Gasteiger partial charge in [0.25, 0.3) is 0 Å². The fourth-order valence-electron chi connectivity index (χ4n) is 4.46. The van der Waals surface area contributed by atoms with Crippen molar-refractivity contribution in [3.8, 4) is 16.9 Å². The van der Waals surface area contributed by atoms with E-state index in [-0.39, 0.29) is 11.7 Å². The highest BCUT2D eigenvalue weighted by Gasteiger charge is 2.15. The SMILES string of the molecule is C=CC(=O)Nc1cc2c(Nc3ccc(F)c(-c4ccccc4)c3)ncnc2cc1OCCCN1CCOCC1. The van der Waals surface area contributed by atoms with Gasteiger partial charge in [-0.25, -0.2) is 14.4 Å². The van der Waals surface area contributed by atoms with Gasteiger partial charge in [-0.2, -0.15) is 0 Å². The molecule has 3 aromatic carbocycles. The Hall–Kier alpha value is -4.34. The van der Waals surface area contributed by atoms with Crippen LogP contribution in [-0.2, 0) is 9.53 Å². The highest BCUT2D eigenvalue weighted by atomic mass is 19.1. The lowest BCUT2D eigenvalue weighted by molar-refractivity contribution is -0.111. The van der Waals surface area contributed by atoms with Crippen LogP contribution in [0.15, 0.2) is 79.6 Å². The molecule has 39 heavy (non-hydrogen) atoms. The third-order valence-electron chi connectivity index (χ3n) is 6.47. The lowest BCUT2D eigenvalue weighted by Gasteiger charge is -2.26. The number of ether oxygens (including phenoxy) is 2. The molecule has 1 fully saturated rings. The monoisotopic (exact) mass is 527 g/mol. The Bertz CT molecular complexity index is 1460. The number of nitrogens with one attached hydrogen (secondary N) is 2. The number of nitrogens with zero attached hydrogens (tertiary/aromatic N) is 3. The number of carbonyl (C=O) groups is 1. The Morgan fingerprint density at radius 1 is 1.10 bits per heavy atom. The average Bonchev–Trinajstić information content (AvgIpc) is 2.97. The third kappa shape index (κ3) is 6.57. The van der Waals surface area contributed by atoms with Gasteiger partial charge in [0.2, 0.25) is 5.91 Å². The largest absolute Gasteiger partial charge is 0.491 e. The topological polar surface area (TPSA) is 88.6 Å². The van der Waals surface area contributed by atoms with Crippen LogP contribution < -0.4 is 15.4 Å². The van der Waals surface area contributed by atoms with Crippen LogP contribution in [0.4, 0.5) is 21.6 Å². The number of carbonyl (C=O) groups excluding carboxylic acids is 1. The van der Waals surface area contributed by atoms with Crippen LogP contribution in [0, 0.1) is 5.82 Å². The molecule has 1 amide bonds. The molecule has 2 heterocycles. The van der Waals surface area contributed by atoms with E-state index in [9.17, 15) is 9.18 Å². The third-order valence-corrected chi connectivity index (χ3v) is 6.47. The van der Waals surface area contributed by atoms with Crippen molar-refractivity contribution in [1.82, 2.24) is 14.9 Å². The summed E-state index contributed by atoms with van der Waals surface area (Å²) in [5, 5.41) is 6.78. The molecular weight excluding hydrogens is 497 g/mol. The lowest BCUT2D eigenvalue weighted by Crippen LogP contribution is -2.37. The molecule has 2 N–H and O–H groups in total. The van der Waals surface area contributed by atoms with Crippen LogP contribution in [0.3, 0.4) is 0 Å². The minimum absolute atomic E-state index is 0.316. The summed E-state index contributed by atoms with van der Waals surface area (Å²) in [6.45, 7) is 8.29. The van der Waals surface area contributed by atoms with Crippen LogP contribution >= 0.6 is 0 Å². The van der Waals surface area contributed by atoms with Crippen LogP contribution in [0.1, 0.15) is 6.42 Å². The van der Waals surface area contributed by atoms with Crippen molar-refractivity contribution in [2.45, 2.75) is 6.42 Å². The number of amides is 1. The summed E-state index contributed by atoms with van der Waals surface area (Å²) in [7, 11) is 0. The quantitative estimate of drug-likeness (QED) is 0.211. The molecule has 0 spiro atoms. The maximum atomic E-state index is 14.6. The summed E-state index contributed by atoms with van der Waals surface area (Å²) < 4.78 is 26.1. The van der Waals surface area contributed by atoms with Crippen molar-refractivity contribution in [2.75, 3.05) is 50.1 Å². The molecule has 1 aliphatic heterocycles. The van der Waals surface area contributed by atoms with Crippen LogP contribution in [0.2, 0.25) is 0 Å². The second-order valence-electron chi connectivity index (χ2n) is 9.12. The van der Waals surface area contributed by atoms with E-state index in [1.165, 1.54) is 18.5 Å². The second kappa shape index (κ2) is 12.5. The predicted molar refractivity (Wildman–Crippen MR) is 151 cm³/mol. The van der Waals surface area contributed by atoms with Crippen molar-refractivity contribution >= 4 is 34.0 Å². The number of fused-ring (bicyclic) bond motifs is 1. The maximum absolute atomic E-state index is 14.6. The van der Waals surface area contributed by atoms with Gasteiger partial charge in [0.05, 0.1) is 31.0 Å². The van der Waals surface area contributed by atoms with Gasteiger partial charge in [-0.05, 0) is 42.3 Å². The molecule has 0 bridgehead atoms. The number of hydrogen-bond donors (Lipinski definition) is 2. The van der Waals surface area contributed by atoms with E-state index in [4.69, 9.17) is 9.47 Å². The van der Waals surface area contributed by atoms with Gasteiger partial charge in [0.1, 0.15) is 23.7 Å². The summed E-state index contributed by atoms with van der Waals surface area (Å²) in [5.74, 6) is 0.352. The van der Waals surface area contributed by atoms with Gasteiger partial charge < -0.3 is 20.1 Å². The smallest absolute Gasteiger partial charge is 0.247 e. The maximum Gasteiger partial charge on any atom is 0.247 e. The number of halogens is 1. The standard InChI is InChI=1S/C30H30FN5O3/c1-2-29(37)35-27-18-24-26(19-28(27)39-14-6-11-36-12-15-38-16-13-36)32-20-33-30(24)34-22-9-10-25(31)23(17-22)21-7-4-3-5-8-21/h2-5,7-10,17-20H,1,6,11-16H2,(H,35,37)(H,32,33,34). The number of anilines is 3. The summed E-state index contributed by atoms with van der Waals surface area (Å²) in [6.07, 6.45) is 3.49. The number of morpholine rings is 1. The molecule has 0 atom stereocenters. The van der Waals surface area contributed by atoms with E-state index in [0.717, 1.165) is 44.8 Å². The van der Waals surface area contributed by atoms with E-state index < -0.39 is 0 Å². The zero-order valence-corrected chi connectivity index (χ0v) is 21.5. The zero-order valence-electron chi connectivity index (χ0n) is 21.5. The molecule has 0 unspecified atom stereocenters. The van der Waals surface area contributed by atoms with Gasteiger partial charge in [-0.3, -0.25) is 9.69 Å². The summed E-state index contributed by atoms with van der Waals surface area (Å²) in [6, 6.07) is 17.7. The molecular formula is C30H30FN5O3. The average molecular weight is 528 g/mol. The zero-order chi connectivity index (χ0) is 27.0. The fourth-order valence-corrected chi connectivity index (χ4v) is 4.46. The molecule has 0 saturated carbocycles. The minimum atomic E-state index is -0.357. The molecule has 1 aliphatic rings. The summed E-state index contributed by atoms with van der Waals surface area (Å²) in [5.41, 5.74) is 3.04. The van der Waals surface area contributed by atoms with Gasteiger partial charge in [-0.15, -0.1) is 0 Å². The van der Waals surface area contributed by atoms with Crippen molar-refractivity contribution < 1.29 is 18.7 Å². The predicted octanol–water partition coefficient (Wildman–Crippen LogP) is 5.41. The number of benzene rings is 3. The molecule has 4 aromatic rings. The fraction of sp³-hybridized carbons (Fsp3) is 0.233. The molecule has 0 radical (unpaired) electrons. The Kier molecular flexibility index (Phi) is 8.40. The summed E-state index contributed by atoms with van der Waals surface area (Å²) >= 11 is 0. The van der Waals surface area contributed by atoms with Crippen LogP contribution in [0.5, 0.6) is 5.75 Å². The van der Waals surface area contributed by atoms with E-state index in [2.05, 4.69) is 32.1 Å². The minimum Gasteiger partial charge on any atom is -0.491 e. The lowest BCUT2D eigenvalue weighted by atomic mass is 10.0. The first kappa shape index (κ1) is 26.3. The number of aromatic nitrogens is 2. The molecule has 9 heteroatoms. The van der Waals surface area contributed by atoms with Gasteiger partial charge in [0.15, 0.2) is 0 Å². The van der Waals surface area contributed by atoms with Crippen molar-refractivity contribution in [2.24, 2.45) is 0 Å². The highest BCUT2D eigenvalue weighted by molar-refractivity contribution is 6.03. The Morgan fingerprint density at radius 3 is 2.72 bits per heavy atom. The molecule has 8 nitrogen and oxygen atoms in total. The van der Waals surface area contributed by atoms with Crippen molar-refractivity contribution in [1.29, 1.82) is 0 Å². The van der Waals surface area contributed by atoms with E-state index in [1.54, 1.807) is 24.3 Å². The first-order chi connectivity index (χ1) is 19.1. The molecule has 1 saturated heterocycles. The first-order valence-corrected chi connectivity index (χ1v) is 12.9. The van der Waals surface area contributed by atoms with Crippen molar-refractivity contribution in [3.63, 3.8) is 0 Å².